The molecule has 0 bridgehead atoms. The minimum Gasteiger partial charge on any atom is -0.292 e. The van der Waals surface area contributed by atoms with Gasteiger partial charge >= 0.3 is 0 Å². The van der Waals surface area contributed by atoms with Crippen LogP contribution in [0.5, 0.6) is 0 Å². The van der Waals surface area contributed by atoms with Gasteiger partial charge in [-0.05, 0) is 54.9 Å². The van der Waals surface area contributed by atoms with Crippen molar-refractivity contribution < 1.29 is 9.59 Å². The van der Waals surface area contributed by atoms with Crippen LogP contribution in [-0.4, -0.2) is 34.2 Å². The molecule has 0 N–H and O–H groups in total. The van der Waals surface area contributed by atoms with Crippen LogP contribution >= 0.6 is 0 Å². The Morgan fingerprint density at radius 2 is 1.09 bits per heavy atom. The number of fused-ring (bicyclic) bond motifs is 1. The fraction of sp³-hybridized carbons (Fsp3) is 0.310. The first-order valence-corrected chi connectivity index (χ1v) is 12.0. The molecule has 168 valence electrons. The molecular weight excluding hydrogens is 408 g/mol. The van der Waals surface area contributed by atoms with Crippen LogP contribution in [0.15, 0.2) is 84.9 Å². The number of nitrogens with zero attached hydrogens (tertiary/aromatic N) is 2. The Morgan fingerprint density at radius 1 is 0.636 bits per heavy atom. The van der Waals surface area contributed by atoms with Crippen molar-refractivity contribution >= 4 is 11.8 Å². The van der Waals surface area contributed by atoms with Crippen molar-refractivity contribution in [2.24, 2.45) is 5.92 Å². The highest BCUT2D eigenvalue weighted by Gasteiger charge is 2.37. The molecule has 4 heteroatoms. The van der Waals surface area contributed by atoms with Gasteiger partial charge in [0, 0.05) is 25.7 Å². The van der Waals surface area contributed by atoms with Gasteiger partial charge in [0.1, 0.15) is 0 Å². The van der Waals surface area contributed by atoms with Crippen molar-refractivity contribution in [1.29, 1.82) is 0 Å². The Hall–Kier alpha value is -3.24. The van der Waals surface area contributed by atoms with Gasteiger partial charge in [-0.3, -0.25) is 19.4 Å². The molecule has 5 rings (SSSR count). The molecule has 1 saturated carbocycles. The molecule has 2 aliphatic rings. The Morgan fingerprint density at radius 3 is 1.58 bits per heavy atom. The second kappa shape index (κ2) is 9.72. The summed E-state index contributed by atoms with van der Waals surface area (Å²) in [5.74, 6) is 0.110. The van der Waals surface area contributed by atoms with Gasteiger partial charge in [0.25, 0.3) is 11.8 Å². The lowest BCUT2D eigenvalue weighted by Gasteiger charge is -2.38. The number of amides is 2. The lowest BCUT2D eigenvalue weighted by Crippen LogP contribution is -2.40. The number of carbonyl (C=O) groups excluding carboxylic acids is 2. The highest BCUT2D eigenvalue weighted by atomic mass is 16.2. The molecule has 2 amide bonds. The number of rotatable bonds is 7. The summed E-state index contributed by atoms with van der Waals surface area (Å²) < 4.78 is 0. The van der Waals surface area contributed by atoms with E-state index in [1.807, 2.05) is 12.1 Å². The summed E-state index contributed by atoms with van der Waals surface area (Å²) in [7, 11) is 0. The van der Waals surface area contributed by atoms with Crippen LogP contribution in [0.4, 0.5) is 0 Å². The van der Waals surface area contributed by atoms with Gasteiger partial charge in [-0.25, -0.2) is 0 Å². The lowest BCUT2D eigenvalue weighted by atomic mass is 9.84. The molecule has 4 nitrogen and oxygen atoms in total. The zero-order valence-electron chi connectivity index (χ0n) is 18.9. The van der Waals surface area contributed by atoms with E-state index in [1.54, 1.807) is 12.1 Å². The van der Waals surface area contributed by atoms with E-state index in [2.05, 4.69) is 65.6 Å². The Balaban J connectivity index is 1.23. The Kier molecular flexibility index (Phi) is 6.36. The molecule has 1 fully saturated rings. The molecule has 33 heavy (non-hydrogen) atoms. The van der Waals surface area contributed by atoms with Gasteiger partial charge in [-0.15, -0.1) is 0 Å². The van der Waals surface area contributed by atoms with Crippen LogP contribution < -0.4 is 0 Å². The van der Waals surface area contributed by atoms with Crippen LogP contribution in [0.3, 0.4) is 0 Å². The van der Waals surface area contributed by atoms with Crippen LogP contribution in [0.2, 0.25) is 0 Å². The zero-order chi connectivity index (χ0) is 22.6. The third-order valence-electron chi connectivity index (χ3n) is 7.11. The number of hydrogen-bond acceptors (Lipinski definition) is 3. The predicted octanol–water partition coefficient (Wildman–Crippen LogP) is 5.54. The van der Waals surface area contributed by atoms with Gasteiger partial charge < -0.3 is 0 Å². The first-order valence-electron chi connectivity index (χ1n) is 12.0. The van der Waals surface area contributed by atoms with Crippen LogP contribution in [0, 0.1) is 5.92 Å². The average molecular weight is 439 g/mol. The highest BCUT2D eigenvalue weighted by molar-refractivity contribution is 6.21. The van der Waals surface area contributed by atoms with E-state index in [-0.39, 0.29) is 11.8 Å². The quantitative estimate of drug-likeness (QED) is 0.455. The van der Waals surface area contributed by atoms with E-state index in [1.165, 1.54) is 16.0 Å². The Labute approximate surface area is 195 Å². The fourth-order valence-electron chi connectivity index (χ4n) is 5.31. The van der Waals surface area contributed by atoms with Crippen molar-refractivity contribution in [3.8, 4) is 0 Å². The maximum atomic E-state index is 12.8. The summed E-state index contributed by atoms with van der Waals surface area (Å²) in [5.41, 5.74) is 3.77. The fourth-order valence-corrected chi connectivity index (χ4v) is 5.31. The van der Waals surface area contributed by atoms with Gasteiger partial charge in [-0.2, -0.15) is 0 Å². The smallest absolute Gasteiger partial charge is 0.261 e. The van der Waals surface area contributed by atoms with E-state index in [4.69, 9.17) is 0 Å². The monoisotopic (exact) mass is 438 g/mol. The van der Waals surface area contributed by atoms with Crippen molar-refractivity contribution in [2.75, 3.05) is 6.54 Å². The highest BCUT2D eigenvalue weighted by Crippen LogP contribution is 2.32. The molecule has 3 aromatic rings. The molecule has 0 unspecified atom stereocenters. The van der Waals surface area contributed by atoms with Crippen molar-refractivity contribution in [2.45, 2.75) is 44.8 Å². The average Bonchev–Trinajstić information content (AvgIpc) is 3.10. The summed E-state index contributed by atoms with van der Waals surface area (Å²) in [4.78, 5) is 29.6. The maximum Gasteiger partial charge on any atom is 0.261 e. The lowest BCUT2D eigenvalue weighted by molar-refractivity contribution is 0.0588. The Bertz CT molecular complexity index is 1030. The molecule has 0 aromatic heterocycles. The molecule has 3 aromatic carbocycles. The molecule has 1 aliphatic carbocycles. The largest absolute Gasteiger partial charge is 0.292 e. The van der Waals surface area contributed by atoms with E-state index in [0.29, 0.717) is 29.6 Å². The van der Waals surface area contributed by atoms with Crippen molar-refractivity contribution in [3.05, 3.63) is 107 Å². The number of carbonyl (C=O) groups is 2. The normalized spacial score (nSPS) is 20.3. The standard InChI is InChI=1S/C29H30N2O2/c32-28-26-13-7-8-14-27(26)29(33)31(28)21-24-15-17-25(18-16-24)30(19-22-9-3-1-4-10-22)20-23-11-5-2-6-12-23/h1-14,24-25H,15-21H2/t24-,25-. The molecule has 1 heterocycles. The number of imide groups is 1. The number of benzene rings is 3. The van der Waals surface area contributed by atoms with Gasteiger partial charge in [0.2, 0.25) is 0 Å². The minimum absolute atomic E-state index is 0.132. The van der Waals surface area contributed by atoms with E-state index in [9.17, 15) is 9.59 Å². The topological polar surface area (TPSA) is 40.6 Å². The SMILES string of the molecule is O=C1c2ccccc2C(=O)N1C[C@H]1CC[C@H](N(Cc2ccccc2)Cc2ccccc2)CC1. The molecule has 0 spiro atoms. The summed E-state index contributed by atoms with van der Waals surface area (Å²) >= 11 is 0. The summed E-state index contributed by atoms with van der Waals surface area (Å²) in [5, 5.41) is 0. The van der Waals surface area contributed by atoms with E-state index < -0.39 is 0 Å². The van der Waals surface area contributed by atoms with Crippen LogP contribution in [-0.2, 0) is 13.1 Å². The van der Waals surface area contributed by atoms with Gasteiger partial charge in [0.05, 0.1) is 11.1 Å². The second-order valence-electron chi connectivity index (χ2n) is 9.32. The maximum absolute atomic E-state index is 12.8. The third-order valence-corrected chi connectivity index (χ3v) is 7.11. The second-order valence-corrected chi connectivity index (χ2v) is 9.32. The molecular formula is C29H30N2O2. The zero-order valence-corrected chi connectivity index (χ0v) is 18.9. The molecule has 0 saturated heterocycles. The number of hydrogen-bond donors (Lipinski definition) is 0. The summed E-state index contributed by atoms with van der Waals surface area (Å²) in [6, 6.07) is 29.0. The van der Waals surface area contributed by atoms with Gasteiger partial charge in [0.15, 0.2) is 0 Å². The van der Waals surface area contributed by atoms with Crippen LogP contribution in [0.1, 0.15) is 57.5 Å². The van der Waals surface area contributed by atoms with Crippen LogP contribution in [0.25, 0.3) is 0 Å². The van der Waals surface area contributed by atoms with Gasteiger partial charge in [-0.1, -0.05) is 72.8 Å². The van der Waals surface area contributed by atoms with Crippen molar-refractivity contribution in [3.63, 3.8) is 0 Å². The third kappa shape index (κ3) is 4.76. The van der Waals surface area contributed by atoms with E-state index in [0.717, 1.165) is 38.8 Å². The van der Waals surface area contributed by atoms with Crippen molar-refractivity contribution in [1.82, 2.24) is 9.80 Å². The molecule has 1 aliphatic heterocycles. The first kappa shape index (κ1) is 21.6. The summed E-state index contributed by atoms with van der Waals surface area (Å²) in [6.45, 7) is 2.41. The summed E-state index contributed by atoms with van der Waals surface area (Å²) in [6.07, 6.45) is 4.26. The van der Waals surface area contributed by atoms with E-state index >= 15 is 0 Å². The minimum atomic E-state index is -0.132. The molecule has 0 radical (unpaired) electrons. The molecule has 0 atom stereocenters. The first-order chi connectivity index (χ1) is 16.2. The predicted molar refractivity (Wildman–Crippen MR) is 130 cm³/mol.